The number of para-hydroxylation sites is 2. The molecule has 0 aliphatic heterocycles. The van der Waals surface area contributed by atoms with Gasteiger partial charge in [-0.1, -0.05) is 129 Å². The van der Waals surface area contributed by atoms with Crippen LogP contribution in [0.3, 0.4) is 0 Å². The number of rotatable bonds is 4. The standard InChI is InChI=1S/C43H29N5S/c1-43(2)32-23-24-34-38(49-41(44-34)27-15-7-4-8-16-27)37(32)31-22-21-28(25-33(31)43)40-45-39(26-13-5-3-6-14-26)46-42(47-40)48-35-19-11-9-17-29(35)30-18-10-12-20-36(30)48/h3-25H,1-2H3. The van der Waals surface area contributed by atoms with Gasteiger partial charge in [0.15, 0.2) is 11.6 Å². The third kappa shape index (κ3) is 4.24. The van der Waals surface area contributed by atoms with Crippen molar-refractivity contribution in [1.82, 2.24) is 24.5 Å². The van der Waals surface area contributed by atoms with Crippen molar-refractivity contribution in [2.75, 3.05) is 0 Å². The predicted molar refractivity (Wildman–Crippen MR) is 201 cm³/mol. The zero-order valence-corrected chi connectivity index (χ0v) is 27.7. The number of hydrogen-bond donors (Lipinski definition) is 0. The Morgan fingerprint density at radius 3 is 1.84 bits per heavy atom. The molecule has 3 heterocycles. The van der Waals surface area contributed by atoms with E-state index < -0.39 is 0 Å². The third-order valence-electron chi connectivity index (χ3n) is 9.91. The van der Waals surface area contributed by atoms with E-state index in [1.54, 1.807) is 11.3 Å². The van der Waals surface area contributed by atoms with E-state index in [9.17, 15) is 0 Å². The predicted octanol–water partition coefficient (Wildman–Crippen LogP) is 10.9. The number of nitrogens with zero attached hydrogens (tertiary/aromatic N) is 5. The fraction of sp³-hybridized carbons (Fsp3) is 0.0698. The summed E-state index contributed by atoms with van der Waals surface area (Å²) < 4.78 is 3.40. The molecule has 3 aromatic heterocycles. The number of benzene rings is 6. The summed E-state index contributed by atoms with van der Waals surface area (Å²) in [7, 11) is 0. The van der Waals surface area contributed by atoms with Gasteiger partial charge in [0.05, 0.1) is 21.3 Å². The summed E-state index contributed by atoms with van der Waals surface area (Å²) in [6.45, 7) is 4.64. The number of fused-ring (bicyclic) bond motifs is 8. The summed E-state index contributed by atoms with van der Waals surface area (Å²) in [5.74, 6) is 1.89. The summed E-state index contributed by atoms with van der Waals surface area (Å²) in [5.41, 5.74) is 11.1. The zero-order valence-electron chi connectivity index (χ0n) is 26.9. The lowest BCUT2D eigenvalue weighted by molar-refractivity contribution is 0.661. The Morgan fingerprint density at radius 2 is 1.14 bits per heavy atom. The second kappa shape index (κ2) is 10.5. The zero-order chi connectivity index (χ0) is 32.7. The largest absolute Gasteiger partial charge is 0.278 e. The minimum Gasteiger partial charge on any atom is -0.278 e. The van der Waals surface area contributed by atoms with E-state index in [-0.39, 0.29) is 5.41 Å². The topological polar surface area (TPSA) is 56.5 Å². The molecule has 1 aliphatic carbocycles. The maximum atomic E-state index is 5.21. The van der Waals surface area contributed by atoms with E-state index in [0.717, 1.165) is 38.2 Å². The highest BCUT2D eigenvalue weighted by Gasteiger charge is 2.37. The Kier molecular flexibility index (Phi) is 6.02. The lowest BCUT2D eigenvalue weighted by atomic mass is 9.82. The van der Waals surface area contributed by atoms with E-state index in [1.165, 1.54) is 37.7 Å². The van der Waals surface area contributed by atoms with Crippen LogP contribution in [0.15, 0.2) is 140 Å². The third-order valence-corrected chi connectivity index (χ3v) is 11.0. The molecule has 0 saturated heterocycles. The fourth-order valence-corrected chi connectivity index (χ4v) is 8.63. The number of hydrogen-bond acceptors (Lipinski definition) is 5. The monoisotopic (exact) mass is 647 g/mol. The molecule has 0 spiro atoms. The fourth-order valence-electron chi connectivity index (χ4n) is 7.50. The molecule has 5 nitrogen and oxygen atoms in total. The SMILES string of the molecule is CC1(C)c2cc(-c3nc(-c4ccccc4)nc(-n4c5ccccc5c5ccccc54)n3)ccc2-c2c1ccc1nc(-c3ccccc3)sc21. The van der Waals surface area contributed by atoms with E-state index in [1.807, 2.05) is 24.3 Å². The molecular formula is C43H29N5S. The number of aromatic nitrogens is 5. The molecule has 0 N–H and O–H groups in total. The van der Waals surface area contributed by atoms with Crippen molar-refractivity contribution in [3.05, 3.63) is 151 Å². The van der Waals surface area contributed by atoms with Crippen LogP contribution in [-0.4, -0.2) is 24.5 Å². The molecule has 0 radical (unpaired) electrons. The van der Waals surface area contributed by atoms with Crippen molar-refractivity contribution in [1.29, 1.82) is 0 Å². The summed E-state index contributed by atoms with van der Waals surface area (Å²) >= 11 is 1.78. The van der Waals surface area contributed by atoms with Gasteiger partial charge in [0, 0.05) is 38.4 Å². The highest BCUT2D eigenvalue weighted by atomic mass is 32.1. The molecule has 1 aliphatic rings. The van der Waals surface area contributed by atoms with Gasteiger partial charge < -0.3 is 0 Å². The first-order valence-electron chi connectivity index (χ1n) is 16.5. The molecule has 6 aromatic carbocycles. The summed E-state index contributed by atoms with van der Waals surface area (Å²) in [6.07, 6.45) is 0. The molecule has 10 rings (SSSR count). The van der Waals surface area contributed by atoms with Gasteiger partial charge in [-0.25, -0.2) is 9.97 Å². The van der Waals surface area contributed by atoms with Crippen LogP contribution in [0.2, 0.25) is 0 Å². The lowest BCUT2D eigenvalue weighted by Crippen LogP contribution is -2.15. The lowest BCUT2D eigenvalue weighted by Gasteiger charge is -2.22. The Labute approximate surface area is 287 Å². The molecule has 0 atom stereocenters. The Morgan fingerprint density at radius 1 is 0.531 bits per heavy atom. The molecule has 232 valence electrons. The van der Waals surface area contributed by atoms with Crippen LogP contribution in [0, 0.1) is 0 Å². The normalized spacial score (nSPS) is 13.3. The van der Waals surface area contributed by atoms with Crippen LogP contribution < -0.4 is 0 Å². The first-order chi connectivity index (χ1) is 24.0. The van der Waals surface area contributed by atoms with Crippen molar-refractivity contribution in [3.63, 3.8) is 0 Å². The van der Waals surface area contributed by atoms with Crippen LogP contribution in [0.5, 0.6) is 0 Å². The van der Waals surface area contributed by atoms with Gasteiger partial charge in [-0.2, -0.15) is 9.97 Å². The summed E-state index contributed by atoms with van der Waals surface area (Å²) in [5, 5.41) is 3.38. The second-order valence-electron chi connectivity index (χ2n) is 13.1. The molecule has 0 fully saturated rings. The van der Waals surface area contributed by atoms with Crippen molar-refractivity contribution in [2.24, 2.45) is 0 Å². The first-order valence-corrected chi connectivity index (χ1v) is 17.3. The highest BCUT2D eigenvalue weighted by molar-refractivity contribution is 7.22. The van der Waals surface area contributed by atoms with Gasteiger partial charge in [-0.05, 0) is 41.0 Å². The highest BCUT2D eigenvalue weighted by Crippen LogP contribution is 2.53. The van der Waals surface area contributed by atoms with E-state index in [0.29, 0.717) is 17.6 Å². The van der Waals surface area contributed by atoms with Gasteiger partial charge in [0.1, 0.15) is 5.01 Å². The van der Waals surface area contributed by atoms with Gasteiger partial charge >= 0.3 is 0 Å². The van der Waals surface area contributed by atoms with Crippen LogP contribution >= 0.6 is 11.3 Å². The molecule has 0 unspecified atom stereocenters. The van der Waals surface area contributed by atoms with Crippen LogP contribution in [0.4, 0.5) is 0 Å². The van der Waals surface area contributed by atoms with Crippen LogP contribution in [-0.2, 0) is 5.41 Å². The molecule has 0 bridgehead atoms. The van der Waals surface area contributed by atoms with E-state index in [2.05, 4.69) is 134 Å². The average molecular weight is 648 g/mol. The molecular weight excluding hydrogens is 619 g/mol. The second-order valence-corrected chi connectivity index (χ2v) is 14.1. The molecule has 9 aromatic rings. The van der Waals surface area contributed by atoms with Gasteiger partial charge in [0.25, 0.3) is 0 Å². The van der Waals surface area contributed by atoms with Crippen molar-refractivity contribution < 1.29 is 0 Å². The van der Waals surface area contributed by atoms with Crippen molar-refractivity contribution in [3.8, 4) is 50.4 Å². The first kappa shape index (κ1) is 28.1. The minimum absolute atomic E-state index is 0.212. The molecule has 6 heteroatoms. The quantitative estimate of drug-likeness (QED) is 0.191. The maximum Gasteiger partial charge on any atom is 0.238 e. The Bertz CT molecular complexity index is 2690. The van der Waals surface area contributed by atoms with Crippen LogP contribution in [0.1, 0.15) is 25.0 Å². The van der Waals surface area contributed by atoms with E-state index in [4.69, 9.17) is 19.9 Å². The maximum absolute atomic E-state index is 5.21. The molecule has 49 heavy (non-hydrogen) atoms. The Balaban J connectivity index is 1.18. The summed E-state index contributed by atoms with van der Waals surface area (Å²) in [4.78, 5) is 20.5. The molecule has 0 amide bonds. The average Bonchev–Trinajstić information content (AvgIpc) is 3.81. The van der Waals surface area contributed by atoms with Crippen molar-refractivity contribution >= 4 is 43.4 Å². The number of thiazole rings is 1. The summed E-state index contributed by atoms with van der Waals surface area (Å²) in [6, 6.07) is 48.7. The molecule has 0 saturated carbocycles. The van der Waals surface area contributed by atoms with Gasteiger partial charge in [-0.3, -0.25) is 4.57 Å². The van der Waals surface area contributed by atoms with E-state index >= 15 is 0 Å². The smallest absolute Gasteiger partial charge is 0.238 e. The Hall–Kier alpha value is -5.98. The van der Waals surface area contributed by atoms with Crippen molar-refractivity contribution in [2.45, 2.75) is 19.3 Å². The minimum atomic E-state index is -0.212. The van der Waals surface area contributed by atoms with Crippen LogP contribution in [0.25, 0.3) is 82.4 Å². The van der Waals surface area contributed by atoms with Gasteiger partial charge in [0.2, 0.25) is 5.95 Å². The van der Waals surface area contributed by atoms with Gasteiger partial charge in [-0.15, -0.1) is 11.3 Å².